The number of unbranched alkanes of at least 4 members (excludes halogenated alkanes) is 44. The fraction of sp³-hybridized carbons (Fsp3) is 0.960. The summed E-state index contributed by atoms with van der Waals surface area (Å²) >= 11 is 0. The lowest BCUT2D eigenvalue weighted by Crippen LogP contribution is -2.66. The van der Waals surface area contributed by atoms with Crippen molar-refractivity contribution in [3.05, 3.63) is 12.2 Å². The molecule has 17 atom stereocenters. The van der Waals surface area contributed by atoms with E-state index in [-0.39, 0.29) is 18.9 Å². The number of aliphatic hydroxyl groups is 11. The van der Waals surface area contributed by atoms with Gasteiger partial charge < -0.3 is 89.9 Å². The van der Waals surface area contributed by atoms with Crippen molar-refractivity contribution in [1.29, 1.82) is 0 Å². The Bertz CT molecular complexity index is 1750. The van der Waals surface area contributed by atoms with Gasteiger partial charge >= 0.3 is 0 Å². The molecule has 3 fully saturated rings. The molecular formula is C75H143NO18. The van der Waals surface area contributed by atoms with E-state index >= 15 is 0 Å². The van der Waals surface area contributed by atoms with Crippen LogP contribution in [0.3, 0.4) is 0 Å². The molecular weight excluding hydrogens is 1200 g/mol. The predicted octanol–water partition coefficient (Wildman–Crippen LogP) is 12.0. The van der Waals surface area contributed by atoms with Crippen molar-refractivity contribution in [2.24, 2.45) is 0 Å². The molecule has 0 aliphatic carbocycles. The molecule has 3 heterocycles. The molecule has 19 nitrogen and oxygen atoms in total. The number of carbonyl (C=O) groups is 1. The summed E-state index contributed by atoms with van der Waals surface area (Å²) in [6, 6.07) is -0.890. The Morgan fingerprint density at radius 3 is 1.03 bits per heavy atom. The smallest absolute Gasteiger partial charge is 0.220 e. The second-order valence-corrected chi connectivity index (χ2v) is 28.2. The van der Waals surface area contributed by atoms with Crippen LogP contribution in [0.2, 0.25) is 0 Å². The first kappa shape index (κ1) is 86.8. The van der Waals surface area contributed by atoms with E-state index in [0.29, 0.717) is 12.8 Å². The minimum Gasteiger partial charge on any atom is -0.394 e. The predicted molar refractivity (Wildman–Crippen MR) is 370 cm³/mol. The van der Waals surface area contributed by atoms with Crippen LogP contribution in [0.1, 0.15) is 328 Å². The summed E-state index contributed by atoms with van der Waals surface area (Å²) in [7, 11) is 0. The largest absolute Gasteiger partial charge is 0.394 e. The van der Waals surface area contributed by atoms with Crippen molar-refractivity contribution in [3.8, 4) is 0 Å². The number of rotatable bonds is 62. The van der Waals surface area contributed by atoms with E-state index in [4.69, 9.17) is 28.4 Å². The third kappa shape index (κ3) is 37.8. The molecule has 12 N–H and O–H groups in total. The Kier molecular flexibility index (Phi) is 52.8. The molecule has 19 heteroatoms. The lowest BCUT2D eigenvalue weighted by Gasteiger charge is -2.48. The average molecular weight is 1350 g/mol. The first-order chi connectivity index (χ1) is 45.8. The fourth-order valence-electron chi connectivity index (χ4n) is 13.5. The second kappa shape index (κ2) is 57.2. The van der Waals surface area contributed by atoms with Gasteiger partial charge in [0.25, 0.3) is 0 Å². The molecule has 3 saturated heterocycles. The van der Waals surface area contributed by atoms with Crippen molar-refractivity contribution in [1.82, 2.24) is 5.32 Å². The molecule has 1 amide bonds. The quantitative estimate of drug-likeness (QED) is 0.0199. The topological polar surface area (TPSA) is 307 Å². The van der Waals surface area contributed by atoms with E-state index in [9.17, 15) is 61.0 Å². The molecule has 3 aliphatic rings. The molecule has 0 saturated carbocycles. The van der Waals surface area contributed by atoms with Gasteiger partial charge in [0.05, 0.1) is 38.6 Å². The summed E-state index contributed by atoms with van der Waals surface area (Å²) in [5.74, 6) is -0.246. The van der Waals surface area contributed by atoms with E-state index < -0.39 is 124 Å². The highest BCUT2D eigenvalue weighted by Crippen LogP contribution is 2.33. The zero-order valence-corrected chi connectivity index (χ0v) is 59.2. The van der Waals surface area contributed by atoms with Gasteiger partial charge in [-0.2, -0.15) is 0 Å². The molecule has 0 spiro atoms. The highest BCUT2D eigenvalue weighted by molar-refractivity contribution is 5.76. The zero-order valence-electron chi connectivity index (χ0n) is 59.2. The van der Waals surface area contributed by atoms with Crippen molar-refractivity contribution in [3.63, 3.8) is 0 Å². The Balaban J connectivity index is 1.34. The molecule has 0 aromatic heterocycles. The summed E-state index contributed by atoms with van der Waals surface area (Å²) in [6.45, 7) is 1.83. The highest BCUT2D eigenvalue weighted by Gasteiger charge is 2.54. The van der Waals surface area contributed by atoms with Gasteiger partial charge in [-0.05, 0) is 38.5 Å². The van der Waals surface area contributed by atoms with Gasteiger partial charge in [0, 0.05) is 6.42 Å². The number of hydrogen-bond acceptors (Lipinski definition) is 18. The SMILES string of the molecule is CCCCCCCCC/C=C\CCCCCCCC(=O)NC(COC1OC(CO)C(OC2OC(CO)C(OC3OC(CO)C(O)C(O)C3O)C(O)C2O)C(O)C1O)C(O)CCCCCCCCCCCCCCCCCCCCCCCCCCCCCCCCCCC. The summed E-state index contributed by atoms with van der Waals surface area (Å²) in [6.07, 6.45) is 38.9. The first-order valence-corrected chi connectivity index (χ1v) is 38.9. The van der Waals surface area contributed by atoms with Gasteiger partial charge in [0.15, 0.2) is 18.9 Å². The van der Waals surface area contributed by atoms with Crippen molar-refractivity contribution >= 4 is 5.91 Å². The summed E-state index contributed by atoms with van der Waals surface area (Å²) < 4.78 is 34.5. The van der Waals surface area contributed by atoms with E-state index in [0.717, 1.165) is 64.2 Å². The van der Waals surface area contributed by atoms with Gasteiger partial charge in [0.1, 0.15) is 73.2 Å². The van der Waals surface area contributed by atoms with Gasteiger partial charge in [0.2, 0.25) is 5.91 Å². The summed E-state index contributed by atoms with van der Waals surface area (Å²) in [5, 5.41) is 121. The molecule has 3 rings (SSSR count). The van der Waals surface area contributed by atoms with E-state index in [1.54, 1.807) is 0 Å². The number of aliphatic hydroxyl groups excluding tert-OH is 11. The third-order valence-electron chi connectivity index (χ3n) is 19.8. The second-order valence-electron chi connectivity index (χ2n) is 28.2. The summed E-state index contributed by atoms with van der Waals surface area (Å²) in [5.41, 5.74) is 0. The van der Waals surface area contributed by atoms with Crippen LogP contribution in [0.4, 0.5) is 0 Å². The number of carbonyl (C=O) groups excluding carboxylic acids is 1. The van der Waals surface area contributed by atoms with Crippen LogP contribution in [0.25, 0.3) is 0 Å². The monoisotopic (exact) mass is 1350 g/mol. The first-order valence-electron chi connectivity index (χ1n) is 38.9. The number of hydrogen-bond donors (Lipinski definition) is 12. The Morgan fingerprint density at radius 1 is 0.372 bits per heavy atom. The fourth-order valence-corrected chi connectivity index (χ4v) is 13.5. The maximum absolute atomic E-state index is 13.4. The Labute approximate surface area is 569 Å². The minimum absolute atomic E-state index is 0.246. The van der Waals surface area contributed by atoms with Crippen LogP contribution in [0.5, 0.6) is 0 Å². The lowest BCUT2D eigenvalue weighted by atomic mass is 9.96. The van der Waals surface area contributed by atoms with Crippen LogP contribution in [0, 0.1) is 0 Å². The lowest BCUT2D eigenvalue weighted by molar-refractivity contribution is -0.379. The van der Waals surface area contributed by atoms with Gasteiger partial charge in [-0.25, -0.2) is 0 Å². The normalized spacial score (nSPS) is 27.4. The maximum Gasteiger partial charge on any atom is 0.220 e. The van der Waals surface area contributed by atoms with Crippen LogP contribution in [-0.2, 0) is 33.2 Å². The number of ether oxygens (including phenoxy) is 6. The molecule has 0 radical (unpaired) electrons. The van der Waals surface area contributed by atoms with Crippen LogP contribution in [-0.4, -0.2) is 193 Å². The van der Waals surface area contributed by atoms with Gasteiger partial charge in [-0.15, -0.1) is 0 Å². The van der Waals surface area contributed by atoms with E-state index in [1.165, 1.54) is 231 Å². The number of nitrogens with one attached hydrogen (secondary N) is 1. The van der Waals surface area contributed by atoms with E-state index in [2.05, 4.69) is 31.3 Å². The van der Waals surface area contributed by atoms with Crippen LogP contribution >= 0.6 is 0 Å². The molecule has 556 valence electrons. The van der Waals surface area contributed by atoms with Crippen LogP contribution in [0.15, 0.2) is 12.2 Å². The van der Waals surface area contributed by atoms with Crippen molar-refractivity contribution in [2.45, 2.75) is 433 Å². The molecule has 0 bridgehead atoms. The minimum atomic E-state index is -1.97. The van der Waals surface area contributed by atoms with Crippen molar-refractivity contribution in [2.75, 3.05) is 26.4 Å². The third-order valence-corrected chi connectivity index (χ3v) is 19.8. The standard InChI is InChI=1S/C75H143NO18/c1-3-5-7-9-11-13-15-17-19-21-22-23-24-25-26-27-28-29-30-31-32-33-34-35-36-37-38-40-42-44-46-48-50-52-59(80)58(76-63(81)53-51-49-47-45-43-41-39-20-18-16-14-12-10-8-6-4-2)57-89-73-69(87)66(84)71(61(55-78)91-73)94-75-70(88)67(85)72(62(56-79)92-75)93-74-68(86)65(83)64(82)60(54-77)90-74/h20,39,58-62,64-75,77-80,82-88H,3-19,21-38,40-57H2,1-2H3,(H,76,81)/b39-20-. The van der Waals surface area contributed by atoms with Gasteiger partial charge in [-0.1, -0.05) is 296 Å². The van der Waals surface area contributed by atoms with Crippen LogP contribution < -0.4 is 5.32 Å². The zero-order chi connectivity index (χ0) is 68.2. The molecule has 0 aromatic rings. The average Bonchev–Trinajstić information content (AvgIpc) is 0.787. The molecule has 94 heavy (non-hydrogen) atoms. The molecule has 17 unspecified atom stereocenters. The number of allylic oxidation sites excluding steroid dienone is 2. The van der Waals surface area contributed by atoms with Crippen molar-refractivity contribution < 1.29 is 89.4 Å². The number of amides is 1. The Hall–Kier alpha value is -1.47. The molecule has 0 aromatic carbocycles. The maximum atomic E-state index is 13.4. The summed E-state index contributed by atoms with van der Waals surface area (Å²) in [4.78, 5) is 13.4. The van der Waals surface area contributed by atoms with Gasteiger partial charge in [-0.3, -0.25) is 4.79 Å². The molecule has 3 aliphatic heterocycles. The Morgan fingerprint density at radius 2 is 0.670 bits per heavy atom. The highest BCUT2D eigenvalue weighted by atomic mass is 16.8. The van der Waals surface area contributed by atoms with E-state index in [1.807, 2.05) is 0 Å².